The van der Waals surface area contributed by atoms with Gasteiger partial charge in [-0.1, -0.05) is 15.9 Å². The molecule has 0 saturated heterocycles. The van der Waals surface area contributed by atoms with Crippen LogP contribution in [0.3, 0.4) is 0 Å². The molecule has 0 spiro atoms. The zero-order chi connectivity index (χ0) is 20.7. The van der Waals surface area contributed by atoms with Crippen molar-refractivity contribution in [3.63, 3.8) is 0 Å². The smallest absolute Gasteiger partial charge is 0.308 e. The maximum Gasteiger partial charge on any atom is 0.308 e. The number of nitrogens with one attached hydrogen (secondary N) is 2. The number of anilines is 1. The van der Waals surface area contributed by atoms with Gasteiger partial charge in [-0.3, -0.25) is 14.4 Å². The third-order valence-electron chi connectivity index (χ3n) is 3.60. The first-order valence-electron chi connectivity index (χ1n) is 8.21. The number of hydrogen-bond donors (Lipinski definition) is 2. The van der Waals surface area contributed by atoms with Crippen molar-refractivity contribution in [2.45, 2.75) is 13.3 Å². The molecular weight excluding hydrogens is 438 g/mol. The Labute approximate surface area is 168 Å². The number of carbonyl (C=O) groups is 3. The van der Waals surface area contributed by atoms with Crippen LogP contribution in [0.25, 0.3) is 0 Å². The second kappa shape index (κ2) is 9.93. The van der Waals surface area contributed by atoms with Crippen molar-refractivity contribution in [1.82, 2.24) is 5.32 Å². The molecule has 0 aliphatic carbocycles. The Bertz CT molecular complexity index is 905. The number of halogens is 3. The lowest BCUT2D eigenvalue weighted by molar-refractivity contribution is -0.147. The molecule has 0 bridgehead atoms. The third kappa shape index (κ3) is 6.41. The van der Waals surface area contributed by atoms with Crippen LogP contribution in [-0.4, -0.2) is 30.9 Å². The number of esters is 1. The van der Waals surface area contributed by atoms with Gasteiger partial charge in [0.25, 0.3) is 11.8 Å². The average Bonchev–Trinajstić information content (AvgIpc) is 2.63. The molecule has 0 unspecified atom stereocenters. The summed E-state index contributed by atoms with van der Waals surface area (Å²) >= 11 is 3.35. The van der Waals surface area contributed by atoms with E-state index in [1.165, 1.54) is 0 Å². The van der Waals surface area contributed by atoms with Crippen LogP contribution in [0.5, 0.6) is 0 Å². The first kappa shape index (κ1) is 21.5. The second-order valence-electron chi connectivity index (χ2n) is 5.80. The molecule has 0 aliphatic rings. The number of hydrogen-bond acceptors (Lipinski definition) is 4. The van der Waals surface area contributed by atoms with Crippen LogP contribution in [0, 0.1) is 18.6 Å². The fraction of sp³-hybridized carbons (Fsp3) is 0.211. The second-order valence-corrected chi connectivity index (χ2v) is 6.66. The minimum Gasteiger partial charge on any atom is -0.456 e. The first-order valence-corrected chi connectivity index (χ1v) is 9.00. The molecule has 0 heterocycles. The van der Waals surface area contributed by atoms with Crippen LogP contribution < -0.4 is 10.6 Å². The lowest BCUT2D eigenvalue weighted by Crippen LogP contribution is -2.28. The molecular formula is C19H17BrF2N2O4. The molecule has 0 fully saturated rings. The monoisotopic (exact) mass is 454 g/mol. The summed E-state index contributed by atoms with van der Waals surface area (Å²) < 4.78 is 32.0. The van der Waals surface area contributed by atoms with Crippen molar-refractivity contribution in [3.05, 3.63) is 63.6 Å². The van der Waals surface area contributed by atoms with Gasteiger partial charge in [0, 0.05) is 22.8 Å². The lowest BCUT2D eigenvalue weighted by atomic mass is 10.2. The predicted molar refractivity (Wildman–Crippen MR) is 102 cm³/mol. The van der Waals surface area contributed by atoms with Crippen LogP contribution in [0.15, 0.2) is 40.9 Å². The van der Waals surface area contributed by atoms with Gasteiger partial charge in [-0.05, 0) is 42.8 Å². The van der Waals surface area contributed by atoms with Gasteiger partial charge < -0.3 is 15.4 Å². The Kier molecular flexibility index (Phi) is 7.62. The molecule has 0 radical (unpaired) electrons. The summed E-state index contributed by atoms with van der Waals surface area (Å²) in [6, 6.07) is 7.79. The third-order valence-corrected chi connectivity index (χ3v) is 4.49. The molecule has 6 nitrogen and oxygen atoms in total. The van der Waals surface area contributed by atoms with Gasteiger partial charge in [0.1, 0.15) is 11.6 Å². The van der Waals surface area contributed by atoms with Gasteiger partial charge in [0.05, 0.1) is 12.0 Å². The SMILES string of the molecule is Cc1cc(NC(=O)COC(=O)CCNC(=O)c2ccc(F)cc2F)ccc1Br. The summed E-state index contributed by atoms with van der Waals surface area (Å²) in [7, 11) is 0. The van der Waals surface area contributed by atoms with Crippen molar-refractivity contribution in [2.75, 3.05) is 18.5 Å². The summed E-state index contributed by atoms with van der Waals surface area (Å²) in [6.45, 7) is 1.27. The van der Waals surface area contributed by atoms with Gasteiger partial charge >= 0.3 is 5.97 Å². The van der Waals surface area contributed by atoms with E-state index in [1.54, 1.807) is 18.2 Å². The molecule has 2 rings (SSSR count). The van der Waals surface area contributed by atoms with Crippen molar-refractivity contribution in [2.24, 2.45) is 0 Å². The van der Waals surface area contributed by atoms with E-state index in [-0.39, 0.29) is 18.5 Å². The normalized spacial score (nSPS) is 10.3. The topological polar surface area (TPSA) is 84.5 Å². The summed E-state index contributed by atoms with van der Waals surface area (Å²) in [6.07, 6.45) is -0.209. The van der Waals surface area contributed by atoms with E-state index in [1.807, 2.05) is 6.92 Å². The Morgan fingerprint density at radius 2 is 1.86 bits per heavy atom. The van der Waals surface area contributed by atoms with E-state index >= 15 is 0 Å². The van der Waals surface area contributed by atoms with Gasteiger partial charge in [-0.2, -0.15) is 0 Å². The van der Waals surface area contributed by atoms with E-state index in [0.717, 1.165) is 22.2 Å². The van der Waals surface area contributed by atoms with Gasteiger partial charge in [0.15, 0.2) is 6.61 Å². The molecule has 28 heavy (non-hydrogen) atoms. The maximum atomic E-state index is 13.5. The molecule has 2 aromatic rings. The molecule has 9 heteroatoms. The highest BCUT2D eigenvalue weighted by Crippen LogP contribution is 2.19. The van der Waals surface area contributed by atoms with Gasteiger partial charge in [-0.15, -0.1) is 0 Å². The molecule has 0 atom stereocenters. The average molecular weight is 455 g/mol. The minimum absolute atomic E-state index is 0.123. The number of amides is 2. The van der Waals surface area contributed by atoms with E-state index in [9.17, 15) is 23.2 Å². The Balaban J connectivity index is 1.71. The van der Waals surface area contributed by atoms with Crippen molar-refractivity contribution < 1.29 is 27.9 Å². The highest BCUT2D eigenvalue weighted by atomic mass is 79.9. The molecule has 148 valence electrons. The largest absolute Gasteiger partial charge is 0.456 e. The standard InChI is InChI=1S/C19H17BrF2N2O4/c1-11-8-13(3-5-15(11)20)24-17(25)10-28-18(26)6-7-23-19(27)14-4-2-12(21)9-16(14)22/h2-5,8-9H,6-7,10H2,1H3,(H,23,27)(H,24,25). The Morgan fingerprint density at radius 1 is 1.11 bits per heavy atom. The molecule has 0 saturated carbocycles. The van der Waals surface area contributed by atoms with Crippen molar-refractivity contribution in [3.8, 4) is 0 Å². The number of carbonyl (C=O) groups excluding carboxylic acids is 3. The van der Waals surface area contributed by atoms with Crippen LogP contribution in [0.2, 0.25) is 0 Å². The molecule has 2 aromatic carbocycles. The highest BCUT2D eigenvalue weighted by Gasteiger charge is 2.13. The fourth-order valence-corrected chi connectivity index (χ4v) is 2.43. The number of ether oxygens (including phenoxy) is 1. The van der Waals surface area contributed by atoms with Crippen molar-refractivity contribution in [1.29, 1.82) is 0 Å². The molecule has 2 N–H and O–H groups in total. The molecule has 0 aliphatic heterocycles. The van der Waals surface area contributed by atoms with Crippen LogP contribution in [0.1, 0.15) is 22.3 Å². The van der Waals surface area contributed by atoms with E-state index in [4.69, 9.17) is 4.74 Å². The van der Waals surface area contributed by atoms with Crippen molar-refractivity contribution >= 4 is 39.4 Å². The summed E-state index contributed by atoms with van der Waals surface area (Å²) in [5.74, 6) is -3.79. The highest BCUT2D eigenvalue weighted by molar-refractivity contribution is 9.10. The number of rotatable bonds is 7. The fourth-order valence-electron chi connectivity index (χ4n) is 2.18. The van der Waals surface area contributed by atoms with Crippen LogP contribution >= 0.6 is 15.9 Å². The van der Waals surface area contributed by atoms with E-state index < -0.39 is 36.0 Å². The lowest BCUT2D eigenvalue weighted by Gasteiger charge is -2.09. The van der Waals surface area contributed by atoms with Crippen LogP contribution in [-0.2, 0) is 14.3 Å². The zero-order valence-corrected chi connectivity index (χ0v) is 16.4. The zero-order valence-electron chi connectivity index (χ0n) is 14.9. The Hall–Kier alpha value is -2.81. The quantitative estimate of drug-likeness (QED) is 0.628. The summed E-state index contributed by atoms with van der Waals surface area (Å²) in [5, 5.41) is 4.91. The number of aryl methyl sites for hydroxylation is 1. The molecule has 0 aromatic heterocycles. The minimum atomic E-state index is -1.00. The van der Waals surface area contributed by atoms with E-state index in [2.05, 4.69) is 26.6 Å². The predicted octanol–water partition coefficient (Wildman–Crippen LogP) is 3.34. The van der Waals surface area contributed by atoms with Gasteiger partial charge in [-0.25, -0.2) is 8.78 Å². The van der Waals surface area contributed by atoms with E-state index in [0.29, 0.717) is 11.8 Å². The first-order chi connectivity index (χ1) is 13.3. The maximum absolute atomic E-state index is 13.5. The van der Waals surface area contributed by atoms with Gasteiger partial charge in [0.2, 0.25) is 0 Å². The Morgan fingerprint density at radius 3 is 2.54 bits per heavy atom. The summed E-state index contributed by atoms with van der Waals surface area (Å²) in [4.78, 5) is 35.2. The molecule has 2 amide bonds. The van der Waals surface area contributed by atoms with Crippen LogP contribution in [0.4, 0.5) is 14.5 Å². The number of benzene rings is 2. The summed E-state index contributed by atoms with van der Waals surface area (Å²) in [5.41, 5.74) is 1.16.